The summed E-state index contributed by atoms with van der Waals surface area (Å²) in [6, 6.07) is 10.5. The smallest absolute Gasteiger partial charge is 0.220 e. The highest BCUT2D eigenvalue weighted by atomic mass is 32.1. The fourth-order valence-electron chi connectivity index (χ4n) is 2.29. The molecule has 1 aliphatic carbocycles. The van der Waals surface area contributed by atoms with Gasteiger partial charge in [-0.25, -0.2) is 0 Å². The lowest BCUT2D eigenvalue weighted by Gasteiger charge is -2.17. The van der Waals surface area contributed by atoms with E-state index in [1.165, 1.54) is 29.3 Å². The lowest BCUT2D eigenvalue weighted by molar-refractivity contribution is -0.122. The summed E-state index contributed by atoms with van der Waals surface area (Å²) in [5.74, 6) is 0.0912. The fraction of sp³-hybridized carbons (Fsp3) is 0.400. The van der Waals surface area contributed by atoms with Crippen LogP contribution in [0.15, 0.2) is 35.7 Å². The molecular weight excluding hydrogens is 242 g/mol. The third-order valence-corrected chi connectivity index (χ3v) is 4.27. The minimum Gasteiger partial charge on any atom is -0.369 e. The van der Waals surface area contributed by atoms with E-state index in [1.807, 2.05) is 0 Å². The van der Waals surface area contributed by atoms with Crippen LogP contribution in [0.5, 0.6) is 0 Å². The zero-order chi connectivity index (χ0) is 12.8. The Labute approximate surface area is 112 Å². The molecule has 0 spiro atoms. The Morgan fingerprint density at radius 3 is 2.44 bits per heavy atom. The van der Waals surface area contributed by atoms with Gasteiger partial charge in [0.05, 0.1) is 0 Å². The molecule has 0 radical (unpaired) electrons. The van der Waals surface area contributed by atoms with E-state index >= 15 is 0 Å². The highest BCUT2D eigenvalue weighted by Gasteiger charge is 2.17. The predicted octanol–water partition coefficient (Wildman–Crippen LogP) is 3.95. The number of amides is 1. The number of hydrogen-bond donors (Lipinski definition) is 1. The van der Waals surface area contributed by atoms with Gasteiger partial charge < -0.3 is 5.73 Å². The molecule has 1 amide bonds. The molecule has 1 fully saturated rings. The van der Waals surface area contributed by atoms with Crippen LogP contribution in [0.4, 0.5) is 0 Å². The maximum absolute atomic E-state index is 10.6. The minimum absolute atomic E-state index is 0.102. The van der Waals surface area contributed by atoms with Crippen molar-refractivity contribution in [2.24, 2.45) is 11.7 Å². The zero-order valence-corrected chi connectivity index (χ0v) is 11.3. The van der Waals surface area contributed by atoms with Crippen molar-refractivity contribution in [3.8, 4) is 0 Å². The molecule has 2 N–H and O–H groups in total. The van der Waals surface area contributed by atoms with Gasteiger partial charge in [-0.2, -0.15) is 0 Å². The molecule has 1 aromatic heterocycles. The van der Waals surface area contributed by atoms with Gasteiger partial charge in [0.25, 0.3) is 0 Å². The standard InChI is InChI=1S/C8H6S.C7H13NO/c1-2-4-8-7(3-1)5-6-9-8;8-7(9)6-4-2-1-3-5-6/h1-6H;6H,1-5H2,(H2,8,9). The molecule has 0 unspecified atom stereocenters. The summed E-state index contributed by atoms with van der Waals surface area (Å²) in [5, 5.41) is 3.47. The minimum atomic E-state index is -0.102. The number of primary amides is 1. The second-order valence-electron chi connectivity index (χ2n) is 4.70. The first-order chi connectivity index (χ1) is 8.77. The predicted molar refractivity (Wildman–Crippen MR) is 77.6 cm³/mol. The number of rotatable bonds is 1. The summed E-state index contributed by atoms with van der Waals surface area (Å²) in [4.78, 5) is 10.6. The van der Waals surface area contributed by atoms with Gasteiger partial charge in [-0.15, -0.1) is 11.3 Å². The van der Waals surface area contributed by atoms with Gasteiger partial charge in [-0.1, -0.05) is 37.5 Å². The molecule has 2 nitrogen and oxygen atoms in total. The SMILES string of the molecule is NC(=O)C1CCCCC1.c1ccc2sccc2c1. The van der Waals surface area contributed by atoms with Gasteiger partial charge in [0.1, 0.15) is 0 Å². The van der Waals surface area contributed by atoms with Crippen molar-refractivity contribution in [2.75, 3.05) is 0 Å². The average molecular weight is 261 g/mol. The second-order valence-corrected chi connectivity index (χ2v) is 5.64. The number of fused-ring (bicyclic) bond motifs is 1. The number of benzene rings is 1. The van der Waals surface area contributed by atoms with Crippen LogP contribution in [0.3, 0.4) is 0 Å². The molecule has 1 heterocycles. The topological polar surface area (TPSA) is 43.1 Å². The second kappa shape index (κ2) is 6.55. The Morgan fingerprint density at radius 1 is 1.11 bits per heavy atom. The summed E-state index contributed by atoms with van der Waals surface area (Å²) in [7, 11) is 0. The van der Waals surface area contributed by atoms with Crippen LogP contribution in [0.2, 0.25) is 0 Å². The molecule has 3 heteroatoms. The summed E-state index contributed by atoms with van der Waals surface area (Å²) in [5.41, 5.74) is 5.13. The van der Waals surface area contributed by atoms with Crippen LogP contribution in [0.1, 0.15) is 32.1 Å². The Hall–Kier alpha value is -1.35. The number of carbonyl (C=O) groups is 1. The van der Waals surface area contributed by atoms with Crippen molar-refractivity contribution in [2.45, 2.75) is 32.1 Å². The van der Waals surface area contributed by atoms with E-state index < -0.39 is 0 Å². The van der Waals surface area contributed by atoms with E-state index in [2.05, 4.69) is 35.7 Å². The zero-order valence-electron chi connectivity index (χ0n) is 10.5. The number of thiophene rings is 1. The first-order valence-electron chi connectivity index (χ1n) is 6.49. The van der Waals surface area contributed by atoms with Crippen LogP contribution < -0.4 is 5.73 Å². The molecule has 1 aliphatic rings. The highest BCUT2D eigenvalue weighted by molar-refractivity contribution is 7.17. The van der Waals surface area contributed by atoms with Gasteiger partial charge >= 0.3 is 0 Å². The van der Waals surface area contributed by atoms with E-state index in [-0.39, 0.29) is 11.8 Å². The van der Waals surface area contributed by atoms with Crippen molar-refractivity contribution < 1.29 is 4.79 Å². The van der Waals surface area contributed by atoms with E-state index in [1.54, 1.807) is 11.3 Å². The Kier molecular flexibility index (Phi) is 4.76. The third kappa shape index (κ3) is 3.57. The lowest BCUT2D eigenvalue weighted by Crippen LogP contribution is -2.24. The van der Waals surface area contributed by atoms with Crippen LogP contribution >= 0.6 is 11.3 Å². The van der Waals surface area contributed by atoms with Gasteiger partial charge in [-0.05, 0) is 35.7 Å². The van der Waals surface area contributed by atoms with E-state index in [0.29, 0.717) is 0 Å². The van der Waals surface area contributed by atoms with Crippen molar-refractivity contribution in [3.63, 3.8) is 0 Å². The van der Waals surface area contributed by atoms with Crippen LogP contribution in [-0.4, -0.2) is 5.91 Å². The quantitative estimate of drug-likeness (QED) is 0.829. The average Bonchev–Trinajstić information content (AvgIpc) is 2.89. The van der Waals surface area contributed by atoms with Crippen molar-refractivity contribution in [1.82, 2.24) is 0 Å². The largest absolute Gasteiger partial charge is 0.369 e. The summed E-state index contributed by atoms with van der Waals surface area (Å²) in [6.07, 6.45) is 5.70. The van der Waals surface area contributed by atoms with Gasteiger partial charge in [0.2, 0.25) is 5.91 Å². The van der Waals surface area contributed by atoms with E-state index in [9.17, 15) is 4.79 Å². The van der Waals surface area contributed by atoms with E-state index in [4.69, 9.17) is 5.73 Å². The molecule has 0 bridgehead atoms. The molecule has 96 valence electrons. The maximum Gasteiger partial charge on any atom is 0.220 e. The molecule has 0 aliphatic heterocycles. The molecule has 0 atom stereocenters. The van der Waals surface area contributed by atoms with Crippen LogP contribution in [-0.2, 0) is 4.79 Å². The highest BCUT2D eigenvalue weighted by Crippen LogP contribution is 2.22. The van der Waals surface area contributed by atoms with Crippen molar-refractivity contribution in [3.05, 3.63) is 35.7 Å². The van der Waals surface area contributed by atoms with Crippen LogP contribution in [0, 0.1) is 5.92 Å². The Balaban J connectivity index is 0.000000134. The molecule has 0 saturated heterocycles. The van der Waals surface area contributed by atoms with Crippen LogP contribution in [0.25, 0.3) is 10.1 Å². The maximum atomic E-state index is 10.6. The number of carbonyl (C=O) groups excluding carboxylic acids is 1. The molecule has 1 saturated carbocycles. The first kappa shape index (κ1) is 13.1. The number of hydrogen-bond acceptors (Lipinski definition) is 2. The normalized spacial score (nSPS) is 16.0. The fourth-order valence-corrected chi connectivity index (χ4v) is 3.08. The summed E-state index contributed by atoms with van der Waals surface area (Å²) in [6.45, 7) is 0. The summed E-state index contributed by atoms with van der Waals surface area (Å²) < 4.78 is 1.37. The molecule has 3 rings (SSSR count). The Bertz CT molecular complexity index is 470. The van der Waals surface area contributed by atoms with Gasteiger partial charge in [0.15, 0.2) is 0 Å². The van der Waals surface area contributed by atoms with Crippen molar-refractivity contribution in [1.29, 1.82) is 0 Å². The third-order valence-electron chi connectivity index (χ3n) is 3.37. The monoisotopic (exact) mass is 261 g/mol. The lowest BCUT2D eigenvalue weighted by atomic mass is 9.89. The first-order valence-corrected chi connectivity index (χ1v) is 7.37. The van der Waals surface area contributed by atoms with Crippen molar-refractivity contribution >= 4 is 27.3 Å². The van der Waals surface area contributed by atoms with E-state index in [0.717, 1.165) is 12.8 Å². The summed E-state index contributed by atoms with van der Waals surface area (Å²) >= 11 is 1.79. The van der Waals surface area contributed by atoms with Gasteiger partial charge in [-0.3, -0.25) is 4.79 Å². The Morgan fingerprint density at radius 2 is 1.83 bits per heavy atom. The molecule has 1 aromatic carbocycles. The molecule has 2 aromatic rings. The number of nitrogens with two attached hydrogens (primary N) is 1. The van der Waals surface area contributed by atoms with Gasteiger partial charge in [0, 0.05) is 10.6 Å². The molecule has 18 heavy (non-hydrogen) atoms. The molecular formula is C15H19NOS.